The number of piperidine rings is 1. The largest absolute Gasteiger partial charge is 0.379 e. The van der Waals surface area contributed by atoms with Gasteiger partial charge in [0, 0.05) is 31.6 Å². The van der Waals surface area contributed by atoms with Crippen LogP contribution in [0.1, 0.15) is 26.2 Å². The minimum atomic E-state index is 0. The third-order valence-corrected chi connectivity index (χ3v) is 4.05. The van der Waals surface area contributed by atoms with Crippen molar-refractivity contribution >= 4 is 18.3 Å². The molecule has 0 bridgehead atoms. The molecule has 2 aliphatic rings. The highest BCUT2D eigenvalue weighted by molar-refractivity contribution is 5.85. The average molecular weight is 306 g/mol. The van der Waals surface area contributed by atoms with Gasteiger partial charge in [-0.15, -0.1) is 12.4 Å². The maximum absolute atomic E-state index is 12.0. The summed E-state index contributed by atoms with van der Waals surface area (Å²) < 4.78 is 5.32. The molecule has 118 valence electrons. The van der Waals surface area contributed by atoms with Crippen molar-refractivity contribution in [1.29, 1.82) is 0 Å². The third kappa shape index (κ3) is 5.95. The summed E-state index contributed by atoms with van der Waals surface area (Å²) in [6.45, 7) is 8.73. The molecule has 2 fully saturated rings. The first-order valence-electron chi connectivity index (χ1n) is 7.57. The summed E-state index contributed by atoms with van der Waals surface area (Å²) >= 11 is 0. The van der Waals surface area contributed by atoms with Gasteiger partial charge in [-0.1, -0.05) is 0 Å². The van der Waals surface area contributed by atoms with Crippen LogP contribution < -0.4 is 10.6 Å². The average Bonchev–Trinajstić information content (AvgIpc) is 2.44. The summed E-state index contributed by atoms with van der Waals surface area (Å²) in [7, 11) is 0. The Balaban J connectivity index is 0.00000200. The second-order valence-corrected chi connectivity index (χ2v) is 5.68. The van der Waals surface area contributed by atoms with E-state index in [-0.39, 0.29) is 24.2 Å². The SMILES string of the molecule is C[C@H]1C[C@@H](C(=O)NCCCN2CCOCC2)CCN1.Cl. The number of carbonyl (C=O) groups excluding carboxylic acids is 1. The van der Waals surface area contributed by atoms with E-state index in [0.717, 1.165) is 65.2 Å². The lowest BCUT2D eigenvalue weighted by atomic mass is 9.92. The van der Waals surface area contributed by atoms with Crippen LogP contribution in [0.2, 0.25) is 0 Å². The second kappa shape index (κ2) is 9.55. The molecule has 0 aromatic heterocycles. The number of nitrogens with one attached hydrogen (secondary N) is 2. The molecule has 6 heteroatoms. The van der Waals surface area contributed by atoms with Crippen molar-refractivity contribution in [1.82, 2.24) is 15.5 Å². The molecule has 0 unspecified atom stereocenters. The summed E-state index contributed by atoms with van der Waals surface area (Å²) in [5.41, 5.74) is 0. The van der Waals surface area contributed by atoms with Crippen LogP contribution in [0.15, 0.2) is 0 Å². The molecule has 0 saturated carbocycles. The smallest absolute Gasteiger partial charge is 0.223 e. The molecule has 2 saturated heterocycles. The molecule has 0 aromatic rings. The highest BCUT2D eigenvalue weighted by Crippen LogP contribution is 2.15. The van der Waals surface area contributed by atoms with Crippen molar-refractivity contribution < 1.29 is 9.53 Å². The van der Waals surface area contributed by atoms with Gasteiger partial charge >= 0.3 is 0 Å². The Morgan fingerprint density at radius 2 is 2.15 bits per heavy atom. The molecule has 0 spiro atoms. The lowest BCUT2D eigenvalue weighted by Gasteiger charge is -2.28. The molecule has 2 N–H and O–H groups in total. The number of hydrogen-bond acceptors (Lipinski definition) is 4. The number of morpholine rings is 1. The molecule has 0 aromatic carbocycles. The summed E-state index contributed by atoms with van der Waals surface area (Å²) in [6.07, 6.45) is 2.97. The number of amides is 1. The van der Waals surface area contributed by atoms with Crippen molar-refractivity contribution in [2.24, 2.45) is 5.92 Å². The molecule has 2 heterocycles. The zero-order chi connectivity index (χ0) is 13.5. The van der Waals surface area contributed by atoms with Crippen LogP contribution in [0.4, 0.5) is 0 Å². The molecule has 20 heavy (non-hydrogen) atoms. The fraction of sp³-hybridized carbons (Fsp3) is 0.929. The fourth-order valence-corrected chi connectivity index (χ4v) is 2.85. The fourth-order valence-electron chi connectivity index (χ4n) is 2.85. The van der Waals surface area contributed by atoms with Crippen molar-refractivity contribution in [3.05, 3.63) is 0 Å². The van der Waals surface area contributed by atoms with Crippen LogP contribution in [0.25, 0.3) is 0 Å². The molecule has 5 nitrogen and oxygen atoms in total. The van der Waals surface area contributed by atoms with Gasteiger partial charge in [0.05, 0.1) is 13.2 Å². The van der Waals surface area contributed by atoms with Crippen LogP contribution in [-0.4, -0.2) is 62.8 Å². The minimum Gasteiger partial charge on any atom is -0.379 e. The van der Waals surface area contributed by atoms with E-state index in [1.165, 1.54) is 0 Å². The number of hydrogen-bond donors (Lipinski definition) is 2. The van der Waals surface area contributed by atoms with Gasteiger partial charge in [-0.2, -0.15) is 0 Å². The van der Waals surface area contributed by atoms with Crippen molar-refractivity contribution in [2.45, 2.75) is 32.2 Å². The van der Waals surface area contributed by atoms with Gasteiger partial charge in [0.25, 0.3) is 0 Å². The normalized spacial score (nSPS) is 27.6. The first-order chi connectivity index (χ1) is 9.25. The van der Waals surface area contributed by atoms with Crippen LogP contribution in [0.3, 0.4) is 0 Å². The lowest BCUT2D eigenvalue weighted by Crippen LogP contribution is -2.43. The molecule has 0 radical (unpaired) electrons. The molecular formula is C14H28ClN3O2. The van der Waals surface area contributed by atoms with Gasteiger partial charge in [0.2, 0.25) is 5.91 Å². The quantitative estimate of drug-likeness (QED) is 0.732. The molecule has 0 aliphatic carbocycles. The van der Waals surface area contributed by atoms with E-state index >= 15 is 0 Å². The van der Waals surface area contributed by atoms with E-state index < -0.39 is 0 Å². The monoisotopic (exact) mass is 305 g/mol. The summed E-state index contributed by atoms with van der Waals surface area (Å²) in [4.78, 5) is 14.4. The maximum atomic E-state index is 12.0. The standard InChI is InChI=1S/C14H27N3O2.ClH/c1-12-11-13(3-5-15-12)14(18)16-4-2-6-17-7-9-19-10-8-17;/h12-13,15H,2-11H2,1H3,(H,16,18);1H/t12-,13-;/m0./s1. The second-order valence-electron chi connectivity index (χ2n) is 5.68. The Morgan fingerprint density at radius 1 is 1.40 bits per heavy atom. The minimum absolute atomic E-state index is 0. The maximum Gasteiger partial charge on any atom is 0.223 e. The lowest BCUT2D eigenvalue weighted by molar-refractivity contribution is -0.126. The summed E-state index contributed by atoms with van der Waals surface area (Å²) in [5, 5.41) is 6.47. The van der Waals surface area contributed by atoms with Gasteiger partial charge in [-0.3, -0.25) is 9.69 Å². The van der Waals surface area contributed by atoms with Gasteiger partial charge in [0.15, 0.2) is 0 Å². The molecular weight excluding hydrogens is 278 g/mol. The first-order valence-corrected chi connectivity index (χ1v) is 7.57. The summed E-state index contributed by atoms with van der Waals surface area (Å²) in [5.74, 6) is 0.454. The Kier molecular flexibility index (Phi) is 8.45. The van der Waals surface area contributed by atoms with Gasteiger partial charge in [-0.05, 0) is 39.3 Å². The number of ether oxygens (including phenoxy) is 1. The highest BCUT2D eigenvalue weighted by atomic mass is 35.5. The Bertz CT molecular complexity index is 286. The van der Waals surface area contributed by atoms with Gasteiger partial charge < -0.3 is 15.4 Å². The van der Waals surface area contributed by atoms with E-state index in [0.29, 0.717) is 6.04 Å². The summed E-state index contributed by atoms with van der Waals surface area (Å²) in [6, 6.07) is 0.470. The highest BCUT2D eigenvalue weighted by Gasteiger charge is 2.24. The number of halogens is 1. The van der Waals surface area contributed by atoms with Crippen LogP contribution in [0, 0.1) is 5.92 Å². The van der Waals surface area contributed by atoms with Crippen LogP contribution >= 0.6 is 12.4 Å². The number of carbonyl (C=O) groups is 1. The van der Waals surface area contributed by atoms with Crippen molar-refractivity contribution in [2.75, 3.05) is 45.9 Å². The predicted molar refractivity (Wildman–Crippen MR) is 82.3 cm³/mol. The van der Waals surface area contributed by atoms with E-state index in [4.69, 9.17) is 4.74 Å². The van der Waals surface area contributed by atoms with E-state index in [9.17, 15) is 4.79 Å². The first kappa shape index (κ1) is 17.7. The zero-order valence-corrected chi connectivity index (χ0v) is 13.2. The van der Waals surface area contributed by atoms with Gasteiger partial charge in [-0.25, -0.2) is 0 Å². The van der Waals surface area contributed by atoms with Gasteiger partial charge in [0.1, 0.15) is 0 Å². The third-order valence-electron chi connectivity index (χ3n) is 4.05. The van der Waals surface area contributed by atoms with Crippen molar-refractivity contribution in [3.8, 4) is 0 Å². The Morgan fingerprint density at radius 3 is 2.85 bits per heavy atom. The van der Waals surface area contributed by atoms with Crippen LogP contribution in [0.5, 0.6) is 0 Å². The molecule has 2 rings (SSSR count). The Labute approximate surface area is 128 Å². The molecule has 1 amide bonds. The van der Waals surface area contributed by atoms with E-state index in [1.54, 1.807) is 0 Å². The molecule has 2 atom stereocenters. The zero-order valence-electron chi connectivity index (χ0n) is 12.4. The van der Waals surface area contributed by atoms with Crippen LogP contribution in [-0.2, 0) is 9.53 Å². The predicted octanol–water partition coefficient (Wildman–Crippen LogP) is 0.635. The van der Waals surface area contributed by atoms with E-state index in [1.807, 2.05) is 0 Å². The van der Waals surface area contributed by atoms with E-state index in [2.05, 4.69) is 22.5 Å². The van der Waals surface area contributed by atoms with Crippen molar-refractivity contribution in [3.63, 3.8) is 0 Å². The Hall–Kier alpha value is -0.360. The topological polar surface area (TPSA) is 53.6 Å². The number of nitrogens with zero attached hydrogens (tertiary/aromatic N) is 1. The number of rotatable bonds is 5. The molecule has 2 aliphatic heterocycles.